The molecule has 0 saturated heterocycles. The summed E-state index contributed by atoms with van der Waals surface area (Å²) in [7, 11) is 3.76. The number of aromatic nitrogens is 1. The van der Waals surface area contributed by atoms with Crippen molar-refractivity contribution in [3.05, 3.63) is 79.7 Å². The SMILES string of the molecule is CN(C)c1ccc(C(=O)OC(Cc2c(Cl)c[nH]c(=O)c2Cl)c2ccc(OC(F)F)c(OCC3CC3)c2)cc1OCC1CC1. The quantitative estimate of drug-likeness (QED) is 0.189. The number of benzene rings is 2. The van der Waals surface area contributed by atoms with Crippen LogP contribution in [0.15, 0.2) is 47.4 Å². The molecule has 2 fully saturated rings. The molecule has 2 aromatic carbocycles. The summed E-state index contributed by atoms with van der Waals surface area (Å²) in [5.41, 5.74) is 1.16. The predicted molar refractivity (Wildman–Crippen MR) is 159 cm³/mol. The standard InChI is InChI=1S/C31H32Cl2F2N2O6/c1-37(2)23-9-7-20(12-26(23)40-15-17-3-4-17)30(39)42-25(13-21-22(32)14-36-29(38)28(21)33)19-8-10-24(43-31(34)35)27(11-19)41-16-18-5-6-18/h7-12,14,17-18,25,31H,3-6,13,15-16H2,1-2H3,(H,36,38). The topological polar surface area (TPSA) is 90.1 Å². The minimum absolute atomic E-state index is 0.0781. The number of ether oxygens (including phenoxy) is 4. The van der Waals surface area contributed by atoms with Gasteiger partial charge in [0.05, 0.1) is 29.5 Å². The van der Waals surface area contributed by atoms with Crippen LogP contribution in [0.1, 0.15) is 53.3 Å². The van der Waals surface area contributed by atoms with Crippen molar-refractivity contribution in [3.63, 3.8) is 0 Å². The molecule has 1 atom stereocenters. The van der Waals surface area contributed by atoms with Gasteiger partial charge in [-0.25, -0.2) is 4.79 Å². The zero-order chi connectivity index (χ0) is 30.7. The fourth-order valence-electron chi connectivity index (χ4n) is 4.46. The van der Waals surface area contributed by atoms with E-state index in [4.69, 9.17) is 37.4 Å². The molecule has 5 rings (SSSR count). The summed E-state index contributed by atoms with van der Waals surface area (Å²) in [6, 6.07) is 9.36. The monoisotopic (exact) mass is 636 g/mol. The Morgan fingerprint density at radius 1 is 0.977 bits per heavy atom. The molecule has 1 N–H and O–H groups in total. The number of H-pyrrole nitrogens is 1. The molecule has 0 aliphatic heterocycles. The molecule has 0 bridgehead atoms. The van der Waals surface area contributed by atoms with Crippen molar-refractivity contribution >= 4 is 34.9 Å². The van der Waals surface area contributed by atoms with E-state index in [0.29, 0.717) is 36.4 Å². The summed E-state index contributed by atoms with van der Waals surface area (Å²) in [6.07, 6.45) is 4.40. The van der Waals surface area contributed by atoms with Crippen LogP contribution in [0.4, 0.5) is 14.5 Å². The Bertz CT molecular complexity index is 1520. The number of esters is 1. The van der Waals surface area contributed by atoms with Crippen molar-refractivity contribution in [2.24, 2.45) is 11.8 Å². The predicted octanol–water partition coefficient (Wildman–Crippen LogP) is 7.07. The summed E-state index contributed by atoms with van der Waals surface area (Å²) in [4.78, 5) is 30.2. The third-order valence-electron chi connectivity index (χ3n) is 7.30. The van der Waals surface area contributed by atoms with Crippen LogP contribution < -0.4 is 24.7 Å². The molecule has 2 aliphatic carbocycles. The van der Waals surface area contributed by atoms with Crippen LogP contribution in [0.3, 0.4) is 0 Å². The molecule has 230 valence electrons. The van der Waals surface area contributed by atoms with Crippen LogP contribution in [-0.2, 0) is 11.2 Å². The molecule has 0 amide bonds. The average Bonchev–Trinajstić information content (AvgIpc) is 3.90. The fourth-order valence-corrected chi connectivity index (χ4v) is 4.97. The molecule has 2 saturated carbocycles. The van der Waals surface area contributed by atoms with E-state index in [1.54, 1.807) is 18.2 Å². The number of pyridine rings is 1. The van der Waals surface area contributed by atoms with Crippen molar-refractivity contribution in [3.8, 4) is 17.2 Å². The fraction of sp³-hybridized carbons (Fsp3) is 0.419. The second-order valence-corrected chi connectivity index (χ2v) is 11.8. The summed E-state index contributed by atoms with van der Waals surface area (Å²) >= 11 is 12.7. The molecule has 1 heterocycles. The first-order valence-corrected chi connectivity index (χ1v) is 14.8. The van der Waals surface area contributed by atoms with Crippen LogP contribution in [-0.4, -0.2) is 44.9 Å². The lowest BCUT2D eigenvalue weighted by atomic mass is 10.0. The van der Waals surface area contributed by atoms with Crippen molar-refractivity contribution in [2.45, 2.75) is 44.8 Å². The number of alkyl halides is 2. The first-order chi connectivity index (χ1) is 20.6. The lowest BCUT2D eigenvalue weighted by molar-refractivity contribution is -0.0515. The Morgan fingerprint density at radius 3 is 2.28 bits per heavy atom. The van der Waals surface area contributed by atoms with Crippen LogP contribution >= 0.6 is 23.2 Å². The highest BCUT2D eigenvalue weighted by atomic mass is 35.5. The minimum atomic E-state index is -3.06. The van der Waals surface area contributed by atoms with E-state index in [9.17, 15) is 18.4 Å². The largest absolute Gasteiger partial charge is 0.491 e. The van der Waals surface area contributed by atoms with Crippen molar-refractivity contribution in [1.29, 1.82) is 0 Å². The molecule has 43 heavy (non-hydrogen) atoms. The van der Waals surface area contributed by atoms with Gasteiger partial charge in [-0.3, -0.25) is 4.79 Å². The highest BCUT2D eigenvalue weighted by Crippen LogP contribution is 2.38. The van der Waals surface area contributed by atoms with E-state index in [1.165, 1.54) is 24.4 Å². The zero-order valence-electron chi connectivity index (χ0n) is 23.7. The first kappa shape index (κ1) is 30.9. The van der Waals surface area contributed by atoms with Gasteiger partial charge in [-0.2, -0.15) is 8.78 Å². The van der Waals surface area contributed by atoms with Crippen molar-refractivity contribution in [1.82, 2.24) is 4.98 Å². The van der Waals surface area contributed by atoms with Gasteiger partial charge in [-0.15, -0.1) is 0 Å². The number of nitrogens with zero attached hydrogens (tertiary/aromatic N) is 1. The molecular weight excluding hydrogens is 605 g/mol. The number of nitrogens with one attached hydrogen (secondary N) is 1. The van der Waals surface area contributed by atoms with Gasteiger partial charge in [0, 0.05) is 32.3 Å². The Hall–Kier alpha value is -3.50. The van der Waals surface area contributed by atoms with E-state index in [-0.39, 0.29) is 39.1 Å². The summed E-state index contributed by atoms with van der Waals surface area (Å²) in [6.45, 7) is -2.17. The van der Waals surface area contributed by atoms with Gasteiger partial charge in [-0.1, -0.05) is 29.3 Å². The van der Waals surface area contributed by atoms with Crippen LogP contribution in [0.25, 0.3) is 0 Å². The van der Waals surface area contributed by atoms with E-state index >= 15 is 0 Å². The maximum Gasteiger partial charge on any atom is 0.387 e. The Kier molecular flexibility index (Phi) is 9.66. The number of hydrogen-bond acceptors (Lipinski definition) is 7. The number of aromatic amines is 1. The average molecular weight is 638 g/mol. The van der Waals surface area contributed by atoms with Crippen LogP contribution in [0, 0.1) is 11.8 Å². The zero-order valence-corrected chi connectivity index (χ0v) is 25.2. The summed E-state index contributed by atoms with van der Waals surface area (Å²) < 4.78 is 48.8. The lowest BCUT2D eigenvalue weighted by Crippen LogP contribution is -2.18. The van der Waals surface area contributed by atoms with Gasteiger partial charge in [0.2, 0.25) is 0 Å². The number of hydrogen-bond donors (Lipinski definition) is 1. The molecular formula is C31H32Cl2F2N2O6. The van der Waals surface area contributed by atoms with E-state index < -0.39 is 24.2 Å². The maximum atomic E-state index is 13.6. The van der Waals surface area contributed by atoms with E-state index in [0.717, 1.165) is 31.4 Å². The lowest BCUT2D eigenvalue weighted by Gasteiger charge is -2.22. The van der Waals surface area contributed by atoms with Crippen molar-refractivity contribution in [2.75, 3.05) is 32.2 Å². The number of rotatable bonds is 14. The molecule has 2 aliphatic rings. The molecule has 1 aromatic heterocycles. The highest BCUT2D eigenvalue weighted by molar-refractivity contribution is 6.35. The molecule has 12 heteroatoms. The van der Waals surface area contributed by atoms with Gasteiger partial charge < -0.3 is 28.8 Å². The normalized spacial score (nSPS) is 15.2. The Labute approximate surface area is 257 Å². The summed E-state index contributed by atoms with van der Waals surface area (Å²) in [5, 5.41) is 0.0158. The van der Waals surface area contributed by atoms with Gasteiger partial charge >= 0.3 is 12.6 Å². The van der Waals surface area contributed by atoms with Crippen molar-refractivity contribution < 1.29 is 32.5 Å². The molecule has 8 nitrogen and oxygen atoms in total. The number of halogens is 4. The molecule has 0 radical (unpaired) electrons. The smallest absolute Gasteiger partial charge is 0.387 e. The van der Waals surface area contributed by atoms with E-state index in [1.807, 2.05) is 19.0 Å². The van der Waals surface area contributed by atoms with Gasteiger partial charge in [0.25, 0.3) is 5.56 Å². The van der Waals surface area contributed by atoms with Gasteiger partial charge in [0.15, 0.2) is 11.5 Å². The minimum Gasteiger partial charge on any atom is -0.491 e. The number of carbonyl (C=O) groups is 1. The number of anilines is 1. The summed E-state index contributed by atoms with van der Waals surface area (Å²) in [5.74, 6) is 0.664. The van der Waals surface area contributed by atoms with Crippen LogP contribution in [0.2, 0.25) is 10.0 Å². The molecule has 1 unspecified atom stereocenters. The number of carbonyl (C=O) groups excluding carboxylic acids is 1. The Balaban J connectivity index is 1.48. The third kappa shape index (κ3) is 8.12. The molecule has 0 spiro atoms. The second-order valence-electron chi connectivity index (χ2n) is 11.0. The first-order valence-electron chi connectivity index (χ1n) is 14.0. The van der Waals surface area contributed by atoms with Gasteiger partial charge in [0.1, 0.15) is 16.9 Å². The maximum absolute atomic E-state index is 13.6. The third-order valence-corrected chi connectivity index (χ3v) is 8.03. The van der Waals surface area contributed by atoms with E-state index in [2.05, 4.69) is 9.72 Å². The highest BCUT2D eigenvalue weighted by Gasteiger charge is 2.27. The van der Waals surface area contributed by atoms with Crippen LogP contribution in [0.5, 0.6) is 17.2 Å². The van der Waals surface area contributed by atoms with Gasteiger partial charge in [-0.05, 0) is 73.4 Å². The second kappa shape index (κ2) is 13.4. The Morgan fingerprint density at radius 2 is 1.65 bits per heavy atom. The molecule has 3 aromatic rings.